The summed E-state index contributed by atoms with van der Waals surface area (Å²) in [5, 5.41) is 0.406. The molecule has 0 bridgehead atoms. The van der Waals surface area contributed by atoms with Crippen LogP contribution in [0.4, 0.5) is 4.39 Å². The SMILES string of the molecule is NC(Cc1ccc(F)cc1Cl)=NC1CC1. The zero-order valence-electron chi connectivity index (χ0n) is 8.21. The minimum Gasteiger partial charge on any atom is -0.387 e. The lowest BCUT2D eigenvalue weighted by Crippen LogP contribution is -2.16. The molecule has 1 aliphatic rings. The van der Waals surface area contributed by atoms with Crippen LogP contribution in [0, 0.1) is 5.82 Å². The van der Waals surface area contributed by atoms with E-state index in [0.717, 1.165) is 18.4 Å². The van der Waals surface area contributed by atoms with Crippen molar-refractivity contribution < 1.29 is 4.39 Å². The van der Waals surface area contributed by atoms with E-state index in [1.54, 1.807) is 6.07 Å². The number of nitrogens with two attached hydrogens (primary N) is 1. The molecule has 1 fully saturated rings. The van der Waals surface area contributed by atoms with E-state index in [-0.39, 0.29) is 5.82 Å². The molecule has 80 valence electrons. The number of benzene rings is 1. The molecule has 2 nitrogen and oxygen atoms in total. The molecule has 1 aromatic carbocycles. The lowest BCUT2D eigenvalue weighted by atomic mass is 10.1. The number of hydrogen-bond donors (Lipinski definition) is 1. The van der Waals surface area contributed by atoms with Crippen LogP contribution >= 0.6 is 11.6 Å². The smallest absolute Gasteiger partial charge is 0.124 e. The van der Waals surface area contributed by atoms with Crippen LogP contribution in [0.5, 0.6) is 0 Å². The Kier molecular flexibility index (Phi) is 2.91. The highest BCUT2D eigenvalue weighted by Gasteiger charge is 2.20. The molecule has 0 spiro atoms. The third-order valence-electron chi connectivity index (χ3n) is 2.28. The van der Waals surface area contributed by atoms with Gasteiger partial charge in [0.2, 0.25) is 0 Å². The maximum absolute atomic E-state index is 12.8. The van der Waals surface area contributed by atoms with Gasteiger partial charge in [-0.25, -0.2) is 4.39 Å². The second-order valence-corrected chi connectivity index (χ2v) is 4.17. The first kappa shape index (κ1) is 10.4. The lowest BCUT2D eigenvalue weighted by molar-refractivity contribution is 0.627. The second kappa shape index (κ2) is 4.19. The molecule has 0 radical (unpaired) electrons. The minimum absolute atomic E-state index is 0.332. The fourth-order valence-corrected chi connectivity index (χ4v) is 1.58. The molecular weight excluding hydrogens is 215 g/mol. The normalized spacial score (nSPS) is 16.8. The number of aliphatic imine (C=N–C) groups is 1. The van der Waals surface area contributed by atoms with Crippen LogP contribution in [0.3, 0.4) is 0 Å². The van der Waals surface area contributed by atoms with E-state index in [1.807, 2.05) is 0 Å². The zero-order chi connectivity index (χ0) is 10.8. The van der Waals surface area contributed by atoms with Crippen LogP contribution in [-0.2, 0) is 6.42 Å². The molecule has 0 aromatic heterocycles. The summed E-state index contributed by atoms with van der Waals surface area (Å²) >= 11 is 5.88. The standard InChI is InChI=1S/C11H12ClFN2/c12-10-6-8(13)2-1-7(10)5-11(14)15-9-3-4-9/h1-2,6,9H,3-5H2,(H2,14,15). The second-order valence-electron chi connectivity index (χ2n) is 3.76. The van der Waals surface area contributed by atoms with Gasteiger partial charge in [-0.2, -0.15) is 0 Å². The van der Waals surface area contributed by atoms with Crippen molar-refractivity contribution in [1.82, 2.24) is 0 Å². The van der Waals surface area contributed by atoms with Gasteiger partial charge >= 0.3 is 0 Å². The van der Waals surface area contributed by atoms with Crippen molar-refractivity contribution in [3.05, 3.63) is 34.6 Å². The fourth-order valence-electron chi connectivity index (χ4n) is 1.34. The van der Waals surface area contributed by atoms with E-state index < -0.39 is 0 Å². The van der Waals surface area contributed by atoms with Gasteiger partial charge < -0.3 is 5.73 Å². The maximum Gasteiger partial charge on any atom is 0.124 e. The Morgan fingerprint density at radius 1 is 1.53 bits per heavy atom. The van der Waals surface area contributed by atoms with Crippen molar-refractivity contribution in [2.24, 2.45) is 10.7 Å². The van der Waals surface area contributed by atoms with E-state index >= 15 is 0 Å². The van der Waals surface area contributed by atoms with Crippen LogP contribution in [0.1, 0.15) is 18.4 Å². The van der Waals surface area contributed by atoms with Crippen LogP contribution in [0.2, 0.25) is 5.02 Å². The van der Waals surface area contributed by atoms with E-state index in [2.05, 4.69) is 4.99 Å². The molecule has 0 heterocycles. The van der Waals surface area contributed by atoms with Crippen molar-refractivity contribution in [2.75, 3.05) is 0 Å². The summed E-state index contributed by atoms with van der Waals surface area (Å²) in [5.41, 5.74) is 6.57. The van der Waals surface area contributed by atoms with Crippen molar-refractivity contribution in [2.45, 2.75) is 25.3 Å². The lowest BCUT2D eigenvalue weighted by Gasteiger charge is -2.03. The number of amidine groups is 1. The Balaban J connectivity index is 2.09. The fraction of sp³-hybridized carbons (Fsp3) is 0.364. The van der Waals surface area contributed by atoms with Crippen molar-refractivity contribution in [3.63, 3.8) is 0 Å². The van der Waals surface area contributed by atoms with Gasteiger partial charge in [0, 0.05) is 11.4 Å². The summed E-state index contributed by atoms with van der Waals surface area (Å²) in [7, 11) is 0. The first-order valence-electron chi connectivity index (χ1n) is 4.91. The molecule has 1 aliphatic carbocycles. The average molecular weight is 227 g/mol. The third-order valence-corrected chi connectivity index (χ3v) is 2.63. The number of halogens is 2. The Morgan fingerprint density at radius 3 is 2.87 bits per heavy atom. The van der Waals surface area contributed by atoms with Crippen molar-refractivity contribution in [3.8, 4) is 0 Å². The topological polar surface area (TPSA) is 38.4 Å². The highest BCUT2D eigenvalue weighted by Crippen LogP contribution is 2.24. The van der Waals surface area contributed by atoms with Gasteiger partial charge in [0.15, 0.2) is 0 Å². The van der Waals surface area contributed by atoms with Gasteiger partial charge in [-0.15, -0.1) is 0 Å². The molecule has 2 N–H and O–H groups in total. The number of rotatable bonds is 3. The number of nitrogens with zero attached hydrogens (tertiary/aromatic N) is 1. The molecule has 0 aliphatic heterocycles. The van der Waals surface area contributed by atoms with E-state index in [1.165, 1.54) is 12.1 Å². The molecule has 1 saturated carbocycles. The molecule has 2 rings (SSSR count). The van der Waals surface area contributed by atoms with E-state index in [9.17, 15) is 4.39 Å². The summed E-state index contributed by atoms with van der Waals surface area (Å²) in [5.74, 6) is 0.243. The zero-order valence-corrected chi connectivity index (χ0v) is 8.97. The van der Waals surface area contributed by atoms with E-state index in [0.29, 0.717) is 23.3 Å². The Bertz CT molecular complexity index is 400. The van der Waals surface area contributed by atoms with Crippen LogP contribution < -0.4 is 5.73 Å². The minimum atomic E-state index is -0.332. The first-order chi connectivity index (χ1) is 7.15. The average Bonchev–Trinajstić information content (AvgIpc) is 2.94. The maximum atomic E-state index is 12.8. The molecular formula is C11H12ClFN2. The third kappa shape index (κ3) is 2.93. The molecule has 0 amide bonds. The Morgan fingerprint density at radius 2 is 2.27 bits per heavy atom. The van der Waals surface area contributed by atoms with Gasteiger partial charge in [-0.05, 0) is 30.5 Å². The molecule has 4 heteroatoms. The first-order valence-corrected chi connectivity index (χ1v) is 5.29. The van der Waals surface area contributed by atoms with Gasteiger partial charge in [0.1, 0.15) is 5.82 Å². The van der Waals surface area contributed by atoms with Gasteiger partial charge in [0.25, 0.3) is 0 Å². The highest BCUT2D eigenvalue weighted by atomic mass is 35.5. The Labute approximate surface area is 93.0 Å². The monoisotopic (exact) mass is 226 g/mol. The summed E-state index contributed by atoms with van der Waals surface area (Å²) in [4.78, 5) is 4.29. The van der Waals surface area contributed by atoms with Crippen LogP contribution in [0.25, 0.3) is 0 Å². The van der Waals surface area contributed by atoms with Gasteiger partial charge in [-0.3, -0.25) is 4.99 Å². The Hall–Kier alpha value is -1.09. The summed E-state index contributed by atoms with van der Waals surface area (Å²) in [6, 6.07) is 4.73. The summed E-state index contributed by atoms with van der Waals surface area (Å²) in [6.07, 6.45) is 2.74. The van der Waals surface area contributed by atoms with Crippen LogP contribution in [-0.4, -0.2) is 11.9 Å². The molecule has 15 heavy (non-hydrogen) atoms. The number of hydrogen-bond acceptors (Lipinski definition) is 1. The van der Waals surface area contributed by atoms with E-state index in [4.69, 9.17) is 17.3 Å². The largest absolute Gasteiger partial charge is 0.387 e. The molecule has 0 unspecified atom stereocenters. The quantitative estimate of drug-likeness (QED) is 0.624. The predicted molar refractivity (Wildman–Crippen MR) is 59.8 cm³/mol. The van der Waals surface area contributed by atoms with Crippen molar-refractivity contribution >= 4 is 17.4 Å². The summed E-state index contributed by atoms with van der Waals surface area (Å²) in [6.45, 7) is 0. The summed E-state index contributed by atoms with van der Waals surface area (Å²) < 4.78 is 12.8. The predicted octanol–water partition coefficient (Wildman–Crippen LogP) is 2.54. The highest BCUT2D eigenvalue weighted by molar-refractivity contribution is 6.31. The van der Waals surface area contributed by atoms with Crippen LogP contribution in [0.15, 0.2) is 23.2 Å². The molecule has 1 aromatic rings. The van der Waals surface area contributed by atoms with Crippen molar-refractivity contribution in [1.29, 1.82) is 0 Å². The van der Waals surface area contributed by atoms with Gasteiger partial charge in [-0.1, -0.05) is 17.7 Å². The molecule has 0 atom stereocenters. The van der Waals surface area contributed by atoms with Gasteiger partial charge in [0.05, 0.1) is 11.9 Å². The molecule has 0 saturated heterocycles.